The first-order valence-corrected chi connectivity index (χ1v) is 6.48. The fourth-order valence-corrected chi connectivity index (χ4v) is 3.01. The standard InChI is InChI=1S/C12H13ClFN3S/c1-3-6-8(4-2)18-11(14)9(6)10-7(13)5-16-12(15)17-10/h3-5,10,12,16-17H,1-2,15H2. The van der Waals surface area contributed by atoms with Crippen LogP contribution in [0.25, 0.3) is 12.2 Å². The normalized spacial score (nSPS) is 23.2. The lowest BCUT2D eigenvalue weighted by molar-refractivity contribution is 0.418. The summed E-state index contributed by atoms with van der Waals surface area (Å²) in [5.74, 6) is 0. The summed E-state index contributed by atoms with van der Waals surface area (Å²) >= 11 is 7.11. The van der Waals surface area contributed by atoms with Crippen molar-refractivity contribution in [1.82, 2.24) is 10.6 Å². The minimum Gasteiger partial charge on any atom is -0.363 e. The van der Waals surface area contributed by atoms with Gasteiger partial charge in [-0.25, -0.2) is 0 Å². The fraction of sp³-hybridized carbons (Fsp3) is 0.167. The van der Waals surface area contributed by atoms with Crippen molar-refractivity contribution >= 4 is 35.1 Å². The zero-order chi connectivity index (χ0) is 13.3. The summed E-state index contributed by atoms with van der Waals surface area (Å²) in [7, 11) is 0. The molecule has 3 nitrogen and oxygen atoms in total. The molecule has 4 N–H and O–H groups in total. The molecule has 0 saturated heterocycles. The van der Waals surface area contributed by atoms with Crippen molar-refractivity contribution in [2.24, 2.45) is 5.73 Å². The first kappa shape index (κ1) is 13.3. The molecule has 2 unspecified atom stereocenters. The molecule has 2 heterocycles. The molecule has 1 aliphatic rings. The van der Waals surface area contributed by atoms with Crippen LogP contribution in [0.3, 0.4) is 0 Å². The molecule has 0 radical (unpaired) electrons. The molecule has 1 aliphatic heterocycles. The maximum atomic E-state index is 14.1. The largest absolute Gasteiger partial charge is 0.363 e. The molecular weight excluding hydrogens is 273 g/mol. The van der Waals surface area contributed by atoms with Crippen LogP contribution in [0.5, 0.6) is 0 Å². The molecule has 0 saturated carbocycles. The smallest absolute Gasteiger partial charge is 0.182 e. The Morgan fingerprint density at radius 1 is 1.44 bits per heavy atom. The summed E-state index contributed by atoms with van der Waals surface area (Å²) < 4.78 is 14.1. The number of rotatable bonds is 3. The van der Waals surface area contributed by atoms with E-state index in [-0.39, 0.29) is 5.13 Å². The Labute approximate surface area is 114 Å². The first-order chi connectivity index (χ1) is 8.58. The van der Waals surface area contributed by atoms with Gasteiger partial charge < -0.3 is 5.32 Å². The summed E-state index contributed by atoms with van der Waals surface area (Å²) in [4.78, 5) is 0.732. The Morgan fingerprint density at radius 3 is 2.78 bits per heavy atom. The van der Waals surface area contributed by atoms with Gasteiger partial charge in [-0.1, -0.05) is 36.9 Å². The molecule has 2 atom stereocenters. The molecule has 0 spiro atoms. The highest BCUT2D eigenvalue weighted by atomic mass is 35.5. The summed E-state index contributed by atoms with van der Waals surface area (Å²) in [5, 5.41) is 5.95. The predicted molar refractivity (Wildman–Crippen MR) is 75.4 cm³/mol. The lowest BCUT2D eigenvalue weighted by atomic mass is 10.0. The van der Waals surface area contributed by atoms with Crippen LogP contribution < -0.4 is 16.4 Å². The second-order valence-corrected chi connectivity index (χ2v) is 5.19. The number of nitrogens with one attached hydrogen (secondary N) is 2. The zero-order valence-electron chi connectivity index (χ0n) is 9.54. The van der Waals surface area contributed by atoms with E-state index >= 15 is 0 Å². The zero-order valence-corrected chi connectivity index (χ0v) is 11.1. The van der Waals surface area contributed by atoms with E-state index in [0.717, 1.165) is 16.2 Å². The van der Waals surface area contributed by atoms with Crippen molar-refractivity contribution in [2.75, 3.05) is 0 Å². The SMILES string of the molecule is C=Cc1sc(F)c(C2NC(N)NC=C2Cl)c1C=C. The summed E-state index contributed by atoms with van der Waals surface area (Å²) in [6.07, 6.45) is 4.31. The van der Waals surface area contributed by atoms with E-state index in [9.17, 15) is 4.39 Å². The van der Waals surface area contributed by atoms with E-state index in [1.54, 1.807) is 18.4 Å². The van der Waals surface area contributed by atoms with Crippen LogP contribution in [0.1, 0.15) is 22.0 Å². The maximum Gasteiger partial charge on any atom is 0.182 e. The molecule has 18 heavy (non-hydrogen) atoms. The second-order valence-electron chi connectivity index (χ2n) is 3.75. The predicted octanol–water partition coefficient (Wildman–Crippen LogP) is 2.73. The number of thiophene rings is 1. The third-order valence-corrected chi connectivity index (χ3v) is 4.00. The van der Waals surface area contributed by atoms with Crippen LogP contribution in [0.4, 0.5) is 4.39 Å². The Kier molecular flexibility index (Phi) is 3.87. The molecule has 1 aromatic rings. The average molecular weight is 286 g/mol. The molecule has 1 aromatic heterocycles. The Balaban J connectivity index is 2.53. The van der Waals surface area contributed by atoms with Gasteiger partial charge in [-0.2, -0.15) is 4.39 Å². The van der Waals surface area contributed by atoms with E-state index < -0.39 is 12.3 Å². The molecule has 0 aliphatic carbocycles. The van der Waals surface area contributed by atoms with Crippen LogP contribution >= 0.6 is 22.9 Å². The van der Waals surface area contributed by atoms with Gasteiger partial charge in [0.15, 0.2) is 5.13 Å². The summed E-state index contributed by atoms with van der Waals surface area (Å²) in [6.45, 7) is 7.37. The van der Waals surface area contributed by atoms with Crippen molar-refractivity contribution in [2.45, 2.75) is 12.3 Å². The minimum absolute atomic E-state index is 0.307. The molecule has 2 rings (SSSR count). The van der Waals surface area contributed by atoms with Gasteiger partial charge >= 0.3 is 0 Å². The highest BCUT2D eigenvalue weighted by Crippen LogP contribution is 2.38. The summed E-state index contributed by atoms with van der Waals surface area (Å²) in [6, 6.07) is -0.471. The molecule has 0 bridgehead atoms. The van der Waals surface area contributed by atoms with Crippen LogP contribution in [-0.4, -0.2) is 6.29 Å². The van der Waals surface area contributed by atoms with Crippen molar-refractivity contribution < 1.29 is 4.39 Å². The second kappa shape index (κ2) is 5.24. The maximum absolute atomic E-state index is 14.1. The quantitative estimate of drug-likeness (QED) is 0.800. The van der Waals surface area contributed by atoms with Crippen LogP contribution in [0, 0.1) is 5.13 Å². The van der Waals surface area contributed by atoms with Gasteiger partial charge in [0.2, 0.25) is 0 Å². The first-order valence-electron chi connectivity index (χ1n) is 5.28. The monoisotopic (exact) mass is 285 g/mol. The topological polar surface area (TPSA) is 50.1 Å². The van der Waals surface area contributed by atoms with Gasteiger partial charge in [0.25, 0.3) is 0 Å². The van der Waals surface area contributed by atoms with E-state index in [0.29, 0.717) is 16.2 Å². The number of hydrogen-bond donors (Lipinski definition) is 3. The van der Waals surface area contributed by atoms with Crippen molar-refractivity contribution in [3.8, 4) is 0 Å². The third kappa shape index (κ3) is 2.22. The van der Waals surface area contributed by atoms with E-state index in [4.69, 9.17) is 17.3 Å². The molecular formula is C12H13ClFN3S. The van der Waals surface area contributed by atoms with E-state index in [2.05, 4.69) is 23.8 Å². The van der Waals surface area contributed by atoms with Crippen molar-refractivity contribution in [3.63, 3.8) is 0 Å². The Hall–Kier alpha value is -1.14. The van der Waals surface area contributed by atoms with Gasteiger partial charge in [-0.3, -0.25) is 11.1 Å². The Morgan fingerprint density at radius 2 is 2.17 bits per heavy atom. The highest BCUT2D eigenvalue weighted by molar-refractivity contribution is 7.11. The van der Waals surface area contributed by atoms with Crippen LogP contribution in [0.2, 0.25) is 0 Å². The van der Waals surface area contributed by atoms with Crippen LogP contribution in [0.15, 0.2) is 24.4 Å². The fourth-order valence-electron chi connectivity index (χ4n) is 1.86. The van der Waals surface area contributed by atoms with Gasteiger partial charge in [0.1, 0.15) is 6.29 Å². The average Bonchev–Trinajstić information content (AvgIpc) is 2.68. The van der Waals surface area contributed by atoms with E-state index in [1.807, 2.05) is 0 Å². The highest BCUT2D eigenvalue weighted by Gasteiger charge is 2.28. The summed E-state index contributed by atoms with van der Waals surface area (Å²) in [5.41, 5.74) is 6.88. The van der Waals surface area contributed by atoms with Gasteiger partial charge in [-0.05, 0) is 0 Å². The third-order valence-electron chi connectivity index (χ3n) is 2.67. The number of hydrogen-bond acceptors (Lipinski definition) is 4. The van der Waals surface area contributed by atoms with E-state index in [1.165, 1.54) is 0 Å². The van der Waals surface area contributed by atoms with Gasteiger partial charge in [-0.15, -0.1) is 11.3 Å². The molecule has 6 heteroatoms. The molecule has 96 valence electrons. The lowest BCUT2D eigenvalue weighted by Crippen LogP contribution is -2.51. The number of halogens is 2. The van der Waals surface area contributed by atoms with Gasteiger partial charge in [0, 0.05) is 22.2 Å². The lowest BCUT2D eigenvalue weighted by Gasteiger charge is -2.28. The molecule has 0 aromatic carbocycles. The van der Waals surface area contributed by atoms with Crippen molar-refractivity contribution in [3.05, 3.63) is 45.5 Å². The molecule has 0 amide bonds. The molecule has 0 fully saturated rings. The number of nitrogens with two attached hydrogens (primary N) is 1. The van der Waals surface area contributed by atoms with Crippen molar-refractivity contribution in [1.29, 1.82) is 0 Å². The van der Waals surface area contributed by atoms with Gasteiger partial charge in [0.05, 0.1) is 11.1 Å². The minimum atomic E-state index is -0.471. The Bertz CT molecular complexity index is 524. The van der Waals surface area contributed by atoms with Crippen LogP contribution in [-0.2, 0) is 0 Å².